The van der Waals surface area contributed by atoms with Crippen molar-refractivity contribution >= 4 is 17.5 Å². The first-order chi connectivity index (χ1) is 13.0. The number of benzene rings is 1. The van der Waals surface area contributed by atoms with E-state index < -0.39 is 5.82 Å². The highest BCUT2D eigenvalue weighted by molar-refractivity contribution is 6.33. The SMILES string of the molecule is Cc1onc(-c2c(F)cccc2Cl)c1C(=O)NCCC[NH+]1CCCC[C@H]1C. The number of nitrogens with one attached hydrogen (secondary N) is 2. The Bertz CT molecular complexity index is 788. The van der Waals surface area contributed by atoms with E-state index in [-0.39, 0.29) is 27.8 Å². The van der Waals surface area contributed by atoms with Crippen LogP contribution in [0.1, 0.15) is 48.7 Å². The standard InChI is InChI=1S/C20H25ClFN3O2/c1-13-7-3-4-11-25(13)12-6-10-23-20(26)17-14(2)27-24-19(17)18-15(21)8-5-9-16(18)22/h5,8-9,13H,3-4,6-7,10-12H2,1-2H3,(H,23,26)/p+1/t13-/m1/s1. The van der Waals surface area contributed by atoms with E-state index in [2.05, 4.69) is 17.4 Å². The minimum atomic E-state index is -0.535. The van der Waals surface area contributed by atoms with E-state index in [1.54, 1.807) is 17.9 Å². The number of carbonyl (C=O) groups excluding carboxylic acids is 1. The predicted molar refractivity (Wildman–Crippen MR) is 103 cm³/mol. The van der Waals surface area contributed by atoms with Crippen LogP contribution in [-0.2, 0) is 0 Å². The fourth-order valence-corrected chi connectivity index (χ4v) is 4.02. The number of piperidine rings is 1. The third-order valence-corrected chi connectivity index (χ3v) is 5.65. The first-order valence-electron chi connectivity index (χ1n) is 9.52. The van der Waals surface area contributed by atoms with E-state index in [4.69, 9.17) is 16.1 Å². The summed E-state index contributed by atoms with van der Waals surface area (Å²) in [6, 6.07) is 5.05. The summed E-state index contributed by atoms with van der Waals surface area (Å²) in [5, 5.41) is 6.98. The minimum absolute atomic E-state index is 0.0905. The number of rotatable bonds is 6. The lowest BCUT2D eigenvalue weighted by molar-refractivity contribution is -0.928. The van der Waals surface area contributed by atoms with Gasteiger partial charge >= 0.3 is 0 Å². The number of aromatic nitrogens is 1. The zero-order chi connectivity index (χ0) is 19.4. The first-order valence-corrected chi connectivity index (χ1v) is 9.90. The number of quaternary nitrogens is 1. The summed E-state index contributed by atoms with van der Waals surface area (Å²) in [5.41, 5.74) is 0.469. The molecule has 1 aliphatic heterocycles. The van der Waals surface area contributed by atoms with Gasteiger partial charge in [-0.2, -0.15) is 0 Å². The van der Waals surface area contributed by atoms with Crippen molar-refractivity contribution in [3.05, 3.63) is 40.4 Å². The molecule has 0 aliphatic carbocycles. The molecule has 146 valence electrons. The molecule has 0 radical (unpaired) electrons. The Hall–Kier alpha value is -1.92. The minimum Gasteiger partial charge on any atom is -0.360 e. The number of nitrogens with zero attached hydrogens (tertiary/aromatic N) is 1. The second kappa shape index (κ2) is 8.85. The van der Waals surface area contributed by atoms with Crippen LogP contribution in [0, 0.1) is 12.7 Å². The Kier molecular flexibility index (Phi) is 6.50. The third-order valence-electron chi connectivity index (χ3n) is 5.33. The van der Waals surface area contributed by atoms with E-state index in [1.165, 1.54) is 37.9 Å². The summed E-state index contributed by atoms with van der Waals surface area (Å²) in [4.78, 5) is 14.3. The molecule has 1 saturated heterocycles. The highest BCUT2D eigenvalue weighted by Gasteiger charge is 2.25. The maximum Gasteiger partial charge on any atom is 0.257 e. The molecule has 0 spiro atoms. The molecule has 1 fully saturated rings. The van der Waals surface area contributed by atoms with E-state index >= 15 is 0 Å². The normalized spacial score (nSPS) is 19.9. The molecule has 2 atom stereocenters. The Balaban J connectivity index is 1.65. The van der Waals surface area contributed by atoms with Crippen LogP contribution in [0.3, 0.4) is 0 Å². The van der Waals surface area contributed by atoms with Crippen molar-refractivity contribution < 1.29 is 18.6 Å². The van der Waals surface area contributed by atoms with Crippen LogP contribution in [0.2, 0.25) is 5.02 Å². The molecule has 0 bridgehead atoms. The number of amides is 1. The Labute approximate surface area is 163 Å². The molecule has 27 heavy (non-hydrogen) atoms. The summed E-state index contributed by atoms with van der Waals surface area (Å²) in [5.74, 6) is -0.505. The fraction of sp³-hybridized carbons (Fsp3) is 0.500. The molecule has 3 rings (SSSR count). The Morgan fingerprint density at radius 2 is 2.26 bits per heavy atom. The van der Waals surface area contributed by atoms with Gasteiger partial charge in [0.2, 0.25) is 0 Å². The molecule has 1 aromatic heterocycles. The van der Waals surface area contributed by atoms with Crippen LogP contribution in [0.4, 0.5) is 4.39 Å². The van der Waals surface area contributed by atoms with Gasteiger partial charge < -0.3 is 14.7 Å². The molecule has 1 amide bonds. The number of likely N-dealkylation sites (tertiary alicyclic amines) is 1. The predicted octanol–water partition coefficient (Wildman–Crippen LogP) is 3.02. The monoisotopic (exact) mass is 394 g/mol. The number of aryl methyl sites for hydroxylation is 1. The molecule has 5 nitrogen and oxygen atoms in total. The summed E-state index contributed by atoms with van der Waals surface area (Å²) in [6.45, 7) is 6.73. The van der Waals surface area contributed by atoms with Crippen LogP contribution >= 0.6 is 11.6 Å². The lowest BCUT2D eigenvalue weighted by Gasteiger charge is -2.30. The average molecular weight is 395 g/mol. The number of halogens is 2. The topological polar surface area (TPSA) is 59.6 Å². The zero-order valence-corrected chi connectivity index (χ0v) is 16.5. The van der Waals surface area contributed by atoms with E-state index in [1.807, 2.05) is 0 Å². The van der Waals surface area contributed by atoms with Crippen LogP contribution in [0.5, 0.6) is 0 Å². The first kappa shape index (κ1) is 19.8. The smallest absolute Gasteiger partial charge is 0.257 e. The van der Waals surface area contributed by atoms with Crippen LogP contribution in [0.25, 0.3) is 11.3 Å². The van der Waals surface area contributed by atoms with E-state index in [9.17, 15) is 9.18 Å². The van der Waals surface area contributed by atoms with Crippen molar-refractivity contribution in [2.45, 2.75) is 45.6 Å². The van der Waals surface area contributed by atoms with Gasteiger partial charge in [-0.25, -0.2) is 4.39 Å². The molecule has 1 aliphatic rings. The second-order valence-electron chi connectivity index (χ2n) is 7.22. The zero-order valence-electron chi connectivity index (χ0n) is 15.8. The van der Waals surface area contributed by atoms with Crippen LogP contribution in [0.15, 0.2) is 22.7 Å². The summed E-state index contributed by atoms with van der Waals surface area (Å²) < 4.78 is 19.4. The van der Waals surface area contributed by atoms with Crippen molar-refractivity contribution in [3.63, 3.8) is 0 Å². The van der Waals surface area contributed by atoms with Crippen molar-refractivity contribution in [2.24, 2.45) is 0 Å². The third kappa shape index (κ3) is 4.50. The van der Waals surface area contributed by atoms with Gasteiger partial charge in [-0.15, -0.1) is 0 Å². The maximum atomic E-state index is 14.2. The van der Waals surface area contributed by atoms with E-state index in [0.717, 1.165) is 13.0 Å². The second-order valence-corrected chi connectivity index (χ2v) is 7.63. The summed E-state index contributed by atoms with van der Waals surface area (Å²) in [6.07, 6.45) is 4.76. The van der Waals surface area contributed by atoms with Gasteiger partial charge in [0.25, 0.3) is 5.91 Å². The highest BCUT2D eigenvalue weighted by Crippen LogP contribution is 2.33. The molecule has 7 heteroatoms. The van der Waals surface area contributed by atoms with Crippen LogP contribution in [-0.4, -0.2) is 36.7 Å². The van der Waals surface area contributed by atoms with Gasteiger partial charge in [-0.1, -0.05) is 22.8 Å². The fourth-order valence-electron chi connectivity index (χ4n) is 3.76. The molecule has 1 unspecified atom stereocenters. The van der Waals surface area contributed by atoms with Gasteiger partial charge in [-0.3, -0.25) is 4.79 Å². The highest BCUT2D eigenvalue weighted by atomic mass is 35.5. The molecular weight excluding hydrogens is 369 g/mol. The largest absolute Gasteiger partial charge is 0.360 e. The van der Waals surface area contributed by atoms with Gasteiger partial charge in [0.15, 0.2) is 0 Å². The molecule has 2 N–H and O–H groups in total. The lowest BCUT2D eigenvalue weighted by atomic mass is 10.0. The number of carbonyl (C=O) groups is 1. The van der Waals surface area contributed by atoms with Gasteiger partial charge in [0.05, 0.1) is 29.7 Å². The lowest BCUT2D eigenvalue weighted by Crippen LogP contribution is -3.16. The molecule has 1 aromatic carbocycles. The Morgan fingerprint density at radius 1 is 1.44 bits per heavy atom. The average Bonchev–Trinajstić information content (AvgIpc) is 3.01. The van der Waals surface area contributed by atoms with Crippen molar-refractivity contribution in [1.29, 1.82) is 0 Å². The number of hydrogen-bond donors (Lipinski definition) is 2. The molecule has 2 heterocycles. The maximum absolute atomic E-state index is 14.2. The summed E-state index contributed by atoms with van der Waals surface area (Å²) >= 11 is 6.12. The van der Waals surface area contributed by atoms with Crippen molar-refractivity contribution in [3.8, 4) is 11.3 Å². The molecular formula is C20H26ClFN3O2+. The Morgan fingerprint density at radius 3 is 3.00 bits per heavy atom. The van der Waals surface area contributed by atoms with Crippen LogP contribution < -0.4 is 10.2 Å². The molecule has 2 aromatic rings. The molecule has 0 saturated carbocycles. The van der Waals surface area contributed by atoms with Gasteiger partial charge in [0.1, 0.15) is 22.8 Å². The van der Waals surface area contributed by atoms with Gasteiger partial charge in [-0.05, 0) is 45.2 Å². The van der Waals surface area contributed by atoms with Gasteiger partial charge in [0, 0.05) is 13.0 Å². The van der Waals surface area contributed by atoms with Crippen molar-refractivity contribution in [1.82, 2.24) is 10.5 Å². The number of hydrogen-bond acceptors (Lipinski definition) is 3. The van der Waals surface area contributed by atoms with Crippen molar-refractivity contribution in [2.75, 3.05) is 19.6 Å². The van der Waals surface area contributed by atoms with E-state index in [0.29, 0.717) is 18.3 Å². The summed E-state index contributed by atoms with van der Waals surface area (Å²) in [7, 11) is 0. The quantitative estimate of drug-likeness (QED) is 0.740.